The van der Waals surface area contributed by atoms with Crippen LogP contribution in [0.5, 0.6) is 0 Å². The molecule has 1 heterocycles. The van der Waals surface area contributed by atoms with Gasteiger partial charge in [0.15, 0.2) is 0 Å². The minimum atomic E-state index is -0.972. The number of carbonyl (C=O) groups is 3. The summed E-state index contributed by atoms with van der Waals surface area (Å²) in [6, 6.07) is 6.11. The maximum Gasteiger partial charge on any atom is 0.319 e. The van der Waals surface area contributed by atoms with Gasteiger partial charge in [0.2, 0.25) is 0 Å². The number of nitrogens with zero attached hydrogens (tertiary/aromatic N) is 1. The quantitative estimate of drug-likeness (QED) is 0.744. The second-order valence-corrected chi connectivity index (χ2v) is 6.28. The van der Waals surface area contributed by atoms with Crippen LogP contribution in [0.4, 0.5) is 10.5 Å². The number of urea groups is 1. The second-order valence-electron chi connectivity index (χ2n) is 6.28. The Balaban J connectivity index is 1.68. The molecule has 0 bridgehead atoms. The lowest BCUT2D eigenvalue weighted by Crippen LogP contribution is -2.49. The van der Waals surface area contributed by atoms with Crippen molar-refractivity contribution in [2.24, 2.45) is 0 Å². The van der Waals surface area contributed by atoms with E-state index in [1.165, 1.54) is 4.90 Å². The molecule has 134 valence electrons. The van der Waals surface area contributed by atoms with E-state index in [4.69, 9.17) is 9.84 Å². The molecule has 2 aliphatic rings. The minimum absolute atomic E-state index is 0.159. The average Bonchev–Trinajstić information content (AvgIpc) is 3.38. The van der Waals surface area contributed by atoms with Crippen LogP contribution in [0.25, 0.3) is 0 Å². The number of aliphatic carboxylic acids is 1. The molecule has 1 aromatic carbocycles. The van der Waals surface area contributed by atoms with Gasteiger partial charge in [-0.1, -0.05) is 6.07 Å². The Labute approximate surface area is 145 Å². The Morgan fingerprint density at radius 1 is 1.28 bits per heavy atom. The third kappa shape index (κ3) is 4.69. The Morgan fingerprint density at radius 3 is 2.80 bits per heavy atom. The minimum Gasteiger partial charge on any atom is -0.481 e. The van der Waals surface area contributed by atoms with Gasteiger partial charge in [-0.25, -0.2) is 4.79 Å². The van der Waals surface area contributed by atoms with Crippen LogP contribution in [0.2, 0.25) is 0 Å². The van der Waals surface area contributed by atoms with Crippen molar-refractivity contribution in [3.63, 3.8) is 0 Å². The lowest BCUT2D eigenvalue weighted by atomic mass is 10.1. The maximum atomic E-state index is 12.8. The fraction of sp³-hybridized carbons (Fsp3) is 0.471. The number of amides is 3. The highest BCUT2D eigenvalue weighted by molar-refractivity contribution is 5.97. The molecule has 1 atom stereocenters. The van der Waals surface area contributed by atoms with Gasteiger partial charge in [0.1, 0.15) is 0 Å². The molecule has 0 spiro atoms. The van der Waals surface area contributed by atoms with Crippen LogP contribution in [-0.2, 0) is 9.53 Å². The highest BCUT2D eigenvalue weighted by atomic mass is 16.5. The number of hydrogen-bond donors (Lipinski definition) is 3. The van der Waals surface area contributed by atoms with Gasteiger partial charge in [0, 0.05) is 23.8 Å². The number of anilines is 1. The second kappa shape index (κ2) is 7.52. The zero-order valence-corrected chi connectivity index (χ0v) is 13.7. The molecule has 0 aromatic heterocycles. The maximum absolute atomic E-state index is 12.8. The lowest BCUT2D eigenvalue weighted by Gasteiger charge is -2.35. The summed E-state index contributed by atoms with van der Waals surface area (Å²) in [5, 5.41) is 14.5. The molecule has 1 unspecified atom stereocenters. The molecular weight excluding hydrogens is 326 g/mol. The van der Waals surface area contributed by atoms with Gasteiger partial charge in [-0.05, 0) is 31.0 Å². The Bertz CT molecular complexity index is 674. The molecule has 3 rings (SSSR count). The summed E-state index contributed by atoms with van der Waals surface area (Å²) in [6.07, 6.45) is 1.83. The molecule has 3 amide bonds. The van der Waals surface area contributed by atoms with Gasteiger partial charge in [-0.3, -0.25) is 9.59 Å². The van der Waals surface area contributed by atoms with E-state index < -0.39 is 12.0 Å². The molecule has 3 N–H and O–H groups in total. The molecule has 8 nitrogen and oxygen atoms in total. The number of carboxylic acids is 1. The predicted octanol–water partition coefficient (Wildman–Crippen LogP) is 1.29. The van der Waals surface area contributed by atoms with Crippen LogP contribution in [0, 0.1) is 0 Å². The molecule has 1 saturated carbocycles. The number of carboxylic acid groups (broad SMARTS) is 1. The van der Waals surface area contributed by atoms with E-state index >= 15 is 0 Å². The molecule has 1 saturated heterocycles. The number of hydrogen-bond acceptors (Lipinski definition) is 4. The van der Waals surface area contributed by atoms with Crippen molar-refractivity contribution in [1.29, 1.82) is 0 Å². The summed E-state index contributed by atoms with van der Waals surface area (Å²) < 4.78 is 5.30. The Kier molecular flexibility index (Phi) is 5.18. The number of ether oxygens (including phenoxy) is 1. The van der Waals surface area contributed by atoms with Crippen molar-refractivity contribution < 1.29 is 24.2 Å². The molecule has 1 aliphatic heterocycles. The third-order valence-electron chi connectivity index (χ3n) is 4.18. The van der Waals surface area contributed by atoms with Gasteiger partial charge in [-0.15, -0.1) is 0 Å². The van der Waals surface area contributed by atoms with Crippen molar-refractivity contribution >= 4 is 23.6 Å². The lowest BCUT2D eigenvalue weighted by molar-refractivity contribution is -0.139. The van der Waals surface area contributed by atoms with Gasteiger partial charge in [0.05, 0.1) is 25.7 Å². The summed E-state index contributed by atoms with van der Waals surface area (Å²) in [6.45, 7) is 0.931. The fourth-order valence-corrected chi connectivity index (χ4v) is 2.77. The zero-order valence-electron chi connectivity index (χ0n) is 13.7. The Morgan fingerprint density at radius 2 is 2.08 bits per heavy atom. The largest absolute Gasteiger partial charge is 0.481 e. The number of morpholine rings is 1. The monoisotopic (exact) mass is 347 g/mol. The molecule has 25 heavy (non-hydrogen) atoms. The number of nitrogens with one attached hydrogen (secondary N) is 2. The van der Waals surface area contributed by atoms with Gasteiger partial charge >= 0.3 is 12.0 Å². The number of rotatable bonds is 5. The smallest absolute Gasteiger partial charge is 0.319 e. The SMILES string of the molecule is O=C(O)CC1COCCN1C(=O)c1cccc(NC(=O)NC2CC2)c1. The molecular formula is C17H21N3O5. The molecule has 1 aliphatic carbocycles. The van der Waals surface area contributed by atoms with Gasteiger partial charge in [-0.2, -0.15) is 0 Å². The van der Waals surface area contributed by atoms with Crippen LogP contribution in [-0.4, -0.2) is 59.8 Å². The van der Waals surface area contributed by atoms with Crippen LogP contribution in [0.3, 0.4) is 0 Å². The van der Waals surface area contributed by atoms with E-state index in [9.17, 15) is 14.4 Å². The third-order valence-corrected chi connectivity index (χ3v) is 4.18. The van der Waals surface area contributed by atoms with Crippen LogP contribution >= 0.6 is 0 Å². The average molecular weight is 347 g/mol. The van der Waals surface area contributed by atoms with Crippen molar-refractivity contribution in [2.75, 3.05) is 25.1 Å². The summed E-state index contributed by atoms with van der Waals surface area (Å²) in [5.74, 6) is -1.23. The van der Waals surface area contributed by atoms with E-state index in [0.29, 0.717) is 24.4 Å². The van der Waals surface area contributed by atoms with Gasteiger partial charge in [0.25, 0.3) is 5.91 Å². The normalized spacial score (nSPS) is 20.0. The van der Waals surface area contributed by atoms with Crippen molar-refractivity contribution in [1.82, 2.24) is 10.2 Å². The van der Waals surface area contributed by atoms with E-state index in [1.807, 2.05) is 0 Å². The molecule has 0 radical (unpaired) electrons. The van der Waals surface area contributed by atoms with E-state index in [0.717, 1.165) is 12.8 Å². The first kappa shape index (κ1) is 17.2. The highest BCUT2D eigenvalue weighted by Crippen LogP contribution is 2.20. The van der Waals surface area contributed by atoms with Crippen LogP contribution in [0.15, 0.2) is 24.3 Å². The van der Waals surface area contributed by atoms with E-state index in [1.54, 1.807) is 24.3 Å². The highest BCUT2D eigenvalue weighted by Gasteiger charge is 2.30. The van der Waals surface area contributed by atoms with Crippen molar-refractivity contribution in [3.8, 4) is 0 Å². The van der Waals surface area contributed by atoms with Gasteiger partial charge < -0.3 is 25.4 Å². The van der Waals surface area contributed by atoms with E-state index in [-0.39, 0.29) is 31.0 Å². The molecule has 1 aromatic rings. The van der Waals surface area contributed by atoms with E-state index in [2.05, 4.69) is 10.6 Å². The first-order valence-electron chi connectivity index (χ1n) is 8.31. The predicted molar refractivity (Wildman–Crippen MR) is 89.5 cm³/mol. The zero-order chi connectivity index (χ0) is 17.8. The summed E-state index contributed by atoms with van der Waals surface area (Å²) in [5.41, 5.74) is 0.925. The summed E-state index contributed by atoms with van der Waals surface area (Å²) in [7, 11) is 0. The fourth-order valence-electron chi connectivity index (χ4n) is 2.77. The van der Waals surface area contributed by atoms with Crippen molar-refractivity contribution in [2.45, 2.75) is 31.3 Å². The standard InChI is InChI=1S/C17H21N3O5/c21-15(22)9-14-10-25-7-6-20(14)16(23)11-2-1-3-13(8-11)19-17(24)18-12-4-5-12/h1-3,8,12,14H,4-7,9-10H2,(H,21,22)(H2,18,19,24). The molecule has 2 fully saturated rings. The number of carbonyl (C=O) groups excluding carboxylic acids is 2. The Hall–Kier alpha value is -2.61. The first-order chi connectivity index (χ1) is 12.0. The molecule has 8 heteroatoms. The first-order valence-corrected chi connectivity index (χ1v) is 8.31. The topological polar surface area (TPSA) is 108 Å². The summed E-state index contributed by atoms with van der Waals surface area (Å²) in [4.78, 5) is 37.1. The van der Waals surface area contributed by atoms with Crippen LogP contribution in [0.1, 0.15) is 29.6 Å². The van der Waals surface area contributed by atoms with Crippen molar-refractivity contribution in [3.05, 3.63) is 29.8 Å². The number of benzene rings is 1. The summed E-state index contributed by atoms with van der Waals surface area (Å²) >= 11 is 0. The van der Waals surface area contributed by atoms with Crippen LogP contribution < -0.4 is 10.6 Å².